The summed E-state index contributed by atoms with van der Waals surface area (Å²) >= 11 is 5.87. The maximum absolute atomic E-state index is 12.1. The predicted molar refractivity (Wildman–Crippen MR) is 101 cm³/mol. The largest absolute Gasteiger partial charge is 0.366 e. The molecule has 3 N–H and O–H groups in total. The van der Waals surface area contributed by atoms with Gasteiger partial charge >= 0.3 is 0 Å². The number of aromatic nitrogens is 4. The highest BCUT2D eigenvalue weighted by molar-refractivity contribution is 6.30. The number of rotatable bonds is 6. The molecule has 2 heterocycles. The van der Waals surface area contributed by atoms with Crippen LogP contribution in [0.2, 0.25) is 5.02 Å². The molecule has 0 saturated heterocycles. The molecule has 0 aliphatic rings. The summed E-state index contributed by atoms with van der Waals surface area (Å²) in [6.45, 7) is 4.44. The number of anilines is 1. The molecular formula is C18H21ClN6O. The van der Waals surface area contributed by atoms with Gasteiger partial charge in [0, 0.05) is 29.4 Å². The first-order chi connectivity index (χ1) is 12.4. The topological polar surface area (TPSA) is 98.2 Å². The number of carbonyl (C=O) groups is 1. The lowest BCUT2D eigenvalue weighted by Gasteiger charge is -2.10. The molecule has 0 saturated carbocycles. The van der Waals surface area contributed by atoms with E-state index < -0.39 is 0 Å². The van der Waals surface area contributed by atoms with Crippen LogP contribution in [0.1, 0.15) is 28.9 Å². The van der Waals surface area contributed by atoms with Gasteiger partial charge in [-0.2, -0.15) is 9.50 Å². The van der Waals surface area contributed by atoms with Crippen molar-refractivity contribution in [1.82, 2.24) is 24.9 Å². The van der Waals surface area contributed by atoms with Gasteiger partial charge in [-0.25, -0.2) is 4.98 Å². The van der Waals surface area contributed by atoms with Crippen LogP contribution in [0, 0.1) is 13.8 Å². The maximum Gasteiger partial charge on any atom is 0.254 e. The number of aryl methyl sites for hydroxylation is 2. The molecule has 0 aliphatic carbocycles. The average molecular weight is 373 g/mol. The smallest absolute Gasteiger partial charge is 0.254 e. The third kappa shape index (κ3) is 4.11. The van der Waals surface area contributed by atoms with Crippen molar-refractivity contribution in [2.24, 2.45) is 0 Å². The lowest BCUT2D eigenvalue weighted by Crippen LogP contribution is -2.26. The summed E-state index contributed by atoms with van der Waals surface area (Å²) in [5, 5.41) is 7.80. The van der Waals surface area contributed by atoms with Gasteiger partial charge in [-0.3, -0.25) is 4.79 Å². The molecule has 3 aromatic rings. The third-order valence-corrected chi connectivity index (χ3v) is 4.57. The SMILES string of the molecule is Cc1nc2nc(N)nn2c(C)c1CCC(=O)NCCc1ccc(Cl)cc1. The van der Waals surface area contributed by atoms with E-state index >= 15 is 0 Å². The van der Waals surface area contributed by atoms with Gasteiger partial charge in [0.15, 0.2) is 0 Å². The molecule has 136 valence electrons. The fourth-order valence-corrected chi connectivity index (χ4v) is 3.04. The van der Waals surface area contributed by atoms with Crippen molar-refractivity contribution in [1.29, 1.82) is 0 Å². The van der Waals surface area contributed by atoms with Gasteiger partial charge in [-0.1, -0.05) is 23.7 Å². The second kappa shape index (κ2) is 7.70. The molecule has 1 amide bonds. The Morgan fingerprint density at radius 3 is 2.65 bits per heavy atom. The van der Waals surface area contributed by atoms with Crippen LogP contribution >= 0.6 is 11.6 Å². The zero-order chi connectivity index (χ0) is 18.7. The molecule has 0 fully saturated rings. The minimum Gasteiger partial charge on any atom is -0.366 e. The van der Waals surface area contributed by atoms with Crippen LogP contribution in [-0.2, 0) is 17.6 Å². The van der Waals surface area contributed by atoms with Crippen molar-refractivity contribution in [2.75, 3.05) is 12.3 Å². The van der Waals surface area contributed by atoms with Crippen molar-refractivity contribution < 1.29 is 4.79 Å². The first kappa shape index (κ1) is 18.1. The molecule has 0 atom stereocenters. The number of nitrogens with one attached hydrogen (secondary N) is 1. The van der Waals surface area contributed by atoms with Gasteiger partial charge in [0.25, 0.3) is 5.78 Å². The summed E-state index contributed by atoms with van der Waals surface area (Å²) < 4.78 is 1.62. The lowest BCUT2D eigenvalue weighted by atomic mass is 10.1. The van der Waals surface area contributed by atoms with Crippen molar-refractivity contribution in [3.63, 3.8) is 0 Å². The van der Waals surface area contributed by atoms with Gasteiger partial charge in [-0.15, -0.1) is 5.10 Å². The van der Waals surface area contributed by atoms with Crippen molar-refractivity contribution in [3.8, 4) is 0 Å². The Balaban J connectivity index is 1.55. The number of fused-ring (bicyclic) bond motifs is 1. The van der Waals surface area contributed by atoms with E-state index in [1.807, 2.05) is 38.1 Å². The number of halogens is 1. The van der Waals surface area contributed by atoms with Crippen LogP contribution < -0.4 is 11.1 Å². The molecule has 2 aromatic heterocycles. The number of hydrogen-bond donors (Lipinski definition) is 2. The van der Waals surface area contributed by atoms with Gasteiger partial charge in [0.05, 0.1) is 0 Å². The first-order valence-corrected chi connectivity index (χ1v) is 8.81. The Bertz CT molecular complexity index is 935. The Labute approximate surface area is 156 Å². The summed E-state index contributed by atoms with van der Waals surface area (Å²) in [6, 6.07) is 7.63. The summed E-state index contributed by atoms with van der Waals surface area (Å²) in [5.74, 6) is 0.682. The van der Waals surface area contributed by atoms with E-state index in [2.05, 4.69) is 20.4 Å². The highest BCUT2D eigenvalue weighted by Gasteiger charge is 2.13. The number of carbonyl (C=O) groups excluding carboxylic acids is 1. The number of amides is 1. The van der Waals surface area contributed by atoms with E-state index in [1.165, 1.54) is 0 Å². The molecule has 0 aliphatic heterocycles. The number of benzene rings is 1. The summed E-state index contributed by atoms with van der Waals surface area (Å²) in [7, 11) is 0. The minimum atomic E-state index is 0.0102. The molecule has 8 heteroatoms. The van der Waals surface area contributed by atoms with Crippen LogP contribution in [0.25, 0.3) is 5.78 Å². The molecule has 1 aromatic carbocycles. The minimum absolute atomic E-state index is 0.0102. The first-order valence-electron chi connectivity index (χ1n) is 8.43. The quantitative estimate of drug-likeness (QED) is 0.691. The van der Waals surface area contributed by atoms with E-state index in [0.717, 1.165) is 28.9 Å². The van der Waals surface area contributed by atoms with Crippen LogP contribution in [0.5, 0.6) is 0 Å². The molecule has 26 heavy (non-hydrogen) atoms. The molecule has 0 radical (unpaired) electrons. The molecule has 0 unspecified atom stereocenters. The normalized spacial score (nSPS) is 11.0. The summed E-state index contributed by atoms with van der Waals surface area (Å²) in [5.41, 5.74) is 9.52. The highest BCUT2D eigenvalue weighted by atomic mass is 35.5. The van der Waals surface area contributed by atoms with E-state index in [-0.39, 0.29) is 11.9 Å². The fourth-order valence-electron chi connectivity index (χ4n) is 2.91. The summed E-state index contributed by atoms with van der Waals surface area (Å²) in [4.78, 5) is 20.6. The van der Waals surface area contributed by atoms with Crippen molar-refractivity contribution in [2.45, 2.75) is 33.1 Å². The molecular weight excluding hydrogens is 352 g/mol. The van der Waals surface area contributed by atoms with Crippen LogP contribution in [0.4, 0.5) is 5.95 Å². The van der Waals surface area contributed by atoms with Gasteiger partial charge in [0.2, 0.25) is 11.9 Å². The van der Waals surface area contributed by atoms with E-state index in [4.69, 9.17) is 17.3 Å². The highest BCUT2D eigenvalue weighted by Crippen LogP contribution is 2.16. The molecule has 3 rings (SSSR count). The van der Waals surface area contributed by atoms with Gasteiger partial charge in [0.1, 0.15) is 0 Å². The summed E-state index contributed by atoms with van der Waals surface area (Å²) in [6.07, 6.45) is 1.75. The number of nitrogen functional groups attached to an aromatic ring is 1. The van der Waals surface area contributed by atoms with Gasteiger partial charge in [-0.05, 0) is 49.9 Å². The zero-order valence-electron chi connectivity index (χ0n) is 14.8. The number of hydrogen-bond acceptors (Lipinski definition) is 5. The Kier molecular flexibility index (Phi) is 5.37. The second-order valence-corrected chi connectivity index (χ2v) is 6.61. The molecule has 7 nitrogen and oxygen atoms in total. The fraction of sp³-hybridized carbons (Fsp3) is 0.333. The predicted octanol–water partition coefficient (Wildman–Crippen LogP) is 2.27. The van der Waals surface area contributed by atoms with Crippen LogP contribution in [0.15, 0.2) is 24.3 Å². The lowest BCUT2D eigenvalue weighted by molar-refractivity contribution is -0.121. The Morgan fingerprint density at radius 1 is 1.19 bits per heavy atom. The van der Waals surface area contributed by atoms with E-state index in [0.29, 0.717) is 30.2 Å². The van der Waals surface area contributed by atoms with Crippen molar-refractivity contribution in [3.05, 3.63) is 51.8 Å². The Morgan fingerprint density at radius 2 is 1.92 bits per heavy atom. The van der Waals surface area contributed by atoms with E-state index in [1.54, 1.807) is 4.52 Å². The van der Waals surface area contributed by atoms with Crippen molar-refractivity contribution >= 4 is 29.2 Å². The second-order valence-electron chi connectivity index (χ2n) is 6.17. The monoisotopic (exact) mass is 372 g/mol. The molecule has 0 bridgehead atoms. The third-order valence-electron chi connectivity index (χ3n) is 4.32. The number of nitrogens with two attached hydrogens (primary N) is 1. The van der Waals surface area contributed by atoms with E-state index in [9.17, 15) is 4.79 Å². The molecule has 0 spiro atoms. The van der Waals surface area contributed by atoms with Gasteiger partial charge < -0.3 is 11.1 Å². The van der Waals surface area contributed by atoms with Crippen LogP contribution in [0.3, 0.4) is 0 Å². The maximum atomic E-state index is 12.1. The Hall–Kier alpha value is -2.67. The zero-order valence-corrected chi connectivity index (χ0v) is 15.5. The average Bonchev–Trinajstić information content (AvgIpc) is 2.97. The van der Waals surface area contributed by atoms with Crippen LogP contribution in [-0.4, -0.2) is 32.0 Å². The number of nitrogens with zero attached hydrogens (tertiary/aromatic N) is 4. The standard InChI is InChI=1S/C18H21ClN6O/c1-11-15(12(2)25-18(22-11)23-17(20)24-25)7-8-16(26)21-10-9-13-3-5-14(19)6-4-13/h3-6H,7-10H2,1-2H3,(H2,20,24)(H,21,26).